The number of ether oxygens (including phenoxy) is 2. The van der Waals surface area contributed by atoms with E-state index in [1.54, 1.807) is 44.6 Å². The Hall–Kier alpha value is -2.48. The Morgan fingerprint density at radius 1 is 1.25 bits per heavy atom. The Morgan fingerprint density at radius 3 is 2.62 bits per heavy atom. The van der Waals surface area contributed by atoms with E-state index >= 15 is 0 Å². The molecular weight excluding hydrogens is 332 g/mol. The summed E-state index contributed by atoms with van der Waals surface area (Å²) in [6.45, 7) is 0. The Balaban J connectivity index is 2.06. The lowest BCUT2D eigenvalue weighted by atomic mass is 10.0. The minimum atomic E-state index is -3.54. The first-order valence-corrected chi connectivity index (χ1v) is 9.11. The number of rotatable bonds is 5. The van der Waals surface area contributed by atoms with Gasteiger partial charge in [-0.2, -0.15) is 9.52 Å². The molecule has 1 aliphatic heterocycles. The van der Waals surface area contributed by atoms with E-state index in [4.69, 9.17) is 13.9 Å². The maximum atomic E-state index is 12.1. The van der Waals surface area contributed by atoms with Crippen LogP contribution in [0, 0.1) is 0 Å². The van der Waals surface area contributed by atoms with Gasteiger partial charge in [0.2, 0.25) is 10.0 Å². The largest absolute Gasteiger partial charge is 0.497 e. The van der Waals surface area contributed by atoms with Gasteiger partial charge in [-0.05, 0) is 30.3 Å². The summed E-state index contributed by atoms with van der Waals surface area (Å²) in [5, 5.41) is 4.32. The summed E-state index contributed by atoms with van der Waals surface area (Å²) in [5.74, 6) is 1.78. The van der Waals surface area contributed by atoms with Crippen LogP contribution in [0.2, 0.25) is 0 Å². The molecule has 0 amide bonds. The average Bonchev–Trinajstić information content (AvgIpc) is 3.22. The topological polar surface area (TPSA) is 81.3 Å². The van der Waals surface area contributed by atoms with Crippen molar-refractivity contribution in [2.45, 2.75) is 12.5 Å². The lowest BCUT2D eigenvalue weighted by molar-refractivity contribution is 0.322. The van der Waals surface area contributed by atoms with E-state index in [1.165, 1.54) is 6.26 Å². The van der Waals surface area contributed by atoms with Gasteiger partial charge in [0, 0.05) is 12.0 Å². The van der Waals surface area contributed by atoms with Crippen LogP contribution >= 0.6 is 0 Å². The van der Waals surface area contributed by atoms with E-state index in [1.807, 2.05) is 0 Å². The van der Waals surface area contributed by atoms with Crippen molar-refractivity contribution >= 4 is 15.7 Å². The van der Waals surface area contributed by atoms with Gasteiger partial charge in [0.05, 0.1) is 32.5 Å². The van der Waals surface area contributed by atoms with Crippen molar-refractivity contribution in [2.75, 3.05) is 20.5 Å². The van der Waals surface area contributed by atoms with Crippen molar-refractivity contribution in [1.29, 1.82) is 0 Å². The second-order valence-electron chi connectivity index (χ2n) is 5.38. The highest BCUT2D eigenvalue weighted by Crippen LogP contribution is 2.37. The Labute approximate surface area is 140 Å². The minimum absolute atomic E-state index is 0.379. The molecule has 0 saturated heterocycles. The molecular formula is C16H18N2O5S. The summed E-state index contributed by atoms with van der Waals surface area (Å²) in [7, 11) is -0.419. The highest BCUT2D eigenvalue weighted by atomic mass is 32.2. The number of furan rings is 1. The number of methoxy groups -OCH3 is 2. The second kappa shape index (κ2) is 6.20. The molecule has 0 spiro atoms. The molecule has 0 fully saturated rings. The second-order valence-corrected chi connectivity index (χ2v) is 7.22. The van der Waals surface area contributed by atoms with Crippen molar-refractivity contribution in [3.05, 3.63) is 47.9 Å². The van der Waals surface area contributed by atoms with Gasteiger partial charge in [-0.15, -0.1) is 0 Å². The molecule has 2 heterocycles. The van der Waals surface area contributed by atoms with Crippen LogP contribution in [0.3, 0.4) is 0 Å². The van der Waals surface area contributed by atoms with Crippen LogP contribution in [-0.2, 0) is 10.0 Å². The molecule has 1 aromatic carbocycles. The Bertz CT molecular complexity index is 859. The molecule has 0 bridgehead atoms. The van der Waals surface area contributed by atoms with Gasteiger partial charge in [-0.3, -0.25) is 0 Å². The Kier molecular flexibility index (Phi) is 4.23. The molecule has 0 radical (unpaired) electrons. The minimum Gasteiger partial charge on any atom is -0.497 e. The van der Waals surface area contributed by atoms with E-state index in [0.717, 1.165) is 10.7 Å². The maximum Gasteiger partial charge on any atom is 0.247 e. The first-order chi connectivity index (χ1) is 11.4. The molecule has 7 nitrogen and oxygen atoms in total. The predicted octanol–water partition coefficient (Wildman–Crippen LogP) is 2.41. The number of hydrogen-bond acceptors (Lipinski definition) is 6. The molecule has 0 saturated carbocycles. The Morgan fingerprint density at radius 2 is 2.04 bits per heavy atom. The van der Waals surface area contributed by atoms with Crippen molar-refractivity contribution in [2.24, 2.45) is 5.10 Å². The summed E-state index contributed by atoms with van der Waals surface area (Å²) in [4.78, 5) is 0. The molecule has 3 rings (SSSR count). The zero-order valence-corrected chi connectivity index (χ0v) is 14.4. The molecule has 0 unspecified atom stereocenters. The normalized spacial score (nSPS) is 17.7. The first kappa shape index (κ1) is 16.4. The van der Waals surface area contributed by atoms with Crippen LogP contribution in [0.15, 0.2) is 46.1 Å². The van der Waals surface area contributed by atoms with Crippen LogP contribution in [0.25, 0.3) is 0 Å². The van der Waals surface area contributed by atoms with E-state index in [9.17, 15) is 8.42 Å². The quantitative estimate of drug-likeness (QED) is 0.827. The van der Waals surface area contributed by atoms with Gasteiger partial charge in [-0.1, -0.05) is 0 Å². The van der Waals surface area contributed by atoms with Gasteiger partial charge in [-0.25, -0.2) is 8.42 Å². The molecule has 0 N–H and O–H groups in total. The molecule has 1 atom stereocenters. The third-order valence-corrected chi connectivity index (χ3v) is 4.82. The van der Waals surface area contributed by atoms with E-state index in [0.29, 0.717) is 35.0 Å². The van der Waals surface area contributed by atoms with Gasteiger partial charge >= 0.3 is 0 Å². The third-order valence-electron chi connectivity index (χ3n) is 3.80. The zero-order chi connectivity index (χ0) is 17.3. The van der Waals surface area contributed by atoms with Gasteiger partial charge in [0.15, 0.2) is 0 Å². The summed E-state index contributed by atoms with van der Waals surface area (Å²) >= 11 is 0. The van der Waals surface area contributed by atoms with Crippen LogP contribution in [0.1, 0.15) is 23.8 Å². The van der Waals surface area contributed by atoms with Gasteiger partial charge in [0.25, 0.3) is 0 Å². The SMILES string of the molecule is COc1ccc(OC)c(C2=NN(S(C)(=O)=O)[C@@H](c3ccco3)C2)c1. The zero-order valence-electron chi connectivity index (χ0n) is 13.6. The molecule has 24 heavy (non-hydrogen) atoms. The smallest absolute Gasteiger partial charge is 0.247 e. The van der Waals surface area contributed by atoms with Gasteiger partial charge < -0.3 is 13.9 Å². The standard InChI is InChI=1S/C16H18N2O5S/c1-21-11-6-7-15(22-2)12(9-11)13-10-14(16-5-4-8-23-16)18(17-13)24(3,19)20/h4-9,14H,10H2,1-3H3/t14-/m1/s1. The van der Waals surface area contributed by atoms with Crippen molar-refractivity contribution in [3.8, 4) is 11.5 Å². The number of hydrazone groups is 1. The molecule has 8 heteroatoms. The third kappa shape index (κ3) is 2.96. The fraction of sp³-hybridized carbons (Fsp3) is 0.312. The number of hydrogen-bond donors (Lipinski definition) is 0. The van der Waals surface area contributed by atoms with Crippen molar-refractivity contribution in [3.63, 3.8) is 0 Å². The molecule has 1 aliphatic rings. The van der Waals surface area contributed by atoms with Crippen molar-refractivity contribution in [1.82, 2.24) is 4.41 Å². The number of benzene rings is 1. The summed E-state index contributed by atoms with van der Waals surface area (Å²) in [6.07, 6.45) is 3.02. The van der Waals surface area contributed by atoms with Crippen LogP contribution in [-0.4, -0.2) is 39.0 Å². The summed E-state index contributed by atoms with van der Waals surface area (Å²) < 4.78 is 41.3. The van der Waals surface area contributed by atoms with E-state index in [2.05, 4.69) is 5.10 Å². The molecule has 2 aromatic rings. The predicted molar refractivity (Wildman–Crippen MR) is 88.8 cm³/mol. The van der Waals surface area contributed by atoms with Crippen LogP contribution in [0.4, 0.5) is 0 Å². The summed E-state index contributed by atoms with van der Waals surface area (Å²) in [6, 6.07) is 8.27. The highest BCUT2D eigenvalue weighted by molar-refractivity contribution is 7.88. The molecule has 128 valence electrons. The first-order valence-electron chi connectivity index (χ1n) is 7.26. The van der Waals surface area contributed by atoms with Crippen LogP contribution < -0.4 is 9.47 Å². The number of nitrogens with zero attached hydrogens (tertiary/aromatic N) is 2. The van der Waals surface area contributed by atoms with Crippen LogP contribution in [0.5, 0.6) is 11.5 Å². The highest BCUT2D eigenvalue weighted by Gasteiger charge is 2.37. The lowest BCUT2D eigenvalue weighted by Crippen LogP contribution is -2.25. The van der Waals surface area contributed by atoms with E-state index < -0.39 is 16.1 Å². The molecule has 0 aliphatic carbocycles. The van der Waals surface area contributed by atoms with Gasteiger partial charge in [0.1, 0.15) is 23.3 Å². The van der Waals surface area contributed by atoms with Crippen molar-refractivity contribution < 1.29 is 22.3 Å². The fourth-order valence-corrected chi connectivity index (χ4v) is 3.58. The molecule has 1 aromatic heterocycles. The van der Waals surface area contributed by atoms with E-state index in [-0.39, 0.29) is 0 Å². The monoisotopic (exact) mass is 350 g/mol. The fourth-order valence-electron chi connectivity index (χ4n) is 2.69. The summed E-state index contributed by atoms with van der Waals surface area (Å²) in [5.41, 5.74) is 1.29. The number of sulfonamides is 1. The average molecular weight is 350 g/mol. The maximum absolute atomic E-state index is 12.1. The lowest BCUT2D eigenvalue weighted by Gasteiger charge is -2.18.